The Kier molecular flexibility index (Phi) is 3.39. The zero-order valence-corrected chi connectivity index (χ0v) is 11.6. The Hall–Kier alpha value is -1.98. The molecule has 1 aliphatic rings. The third-order valence-corrected chi connectivity index (χ3v) is 3.52. The number of imidazole rings is 1. The van der Waals surface area contributed by atoms with Crippen molar-refractivity contribution in [3.05, 3.63) is 47.3 Å². The van der Waals surface area contributed by atoms with Crippen LogP contribution >= 0.6 is 0 Å². The van der Waals surface area contributed by atoms with E-state index in [0.29, 0.717) is 12.6 Å². The number of anilines is 1. The highest BCUT2D eigenvalue weighted by Gasteiger charge is 2.30. The third-order valence-electron chi connectivity index (χ3n) is 3.52. The van der Waals surface area contributed by atoms with Crippen molar-refractivity contribution >= 4 is 5.95 Å². The van der Waals surface area contributed by atoms with Gasteiger partial charge in [-0.05, 0) is 37.5 Å². The van der Waals surface area contributed by atoms with Crippen molar-refractivity contribution in [3.63, 3.8) is 0 Å². The first-order chi connectivity index (χ1) is 9.93. The zero-order chi connectivity index (χ0) is 15.0. The molecule has 6 heteroatoms. The summed E-state index contributed by atoms with van der Waals surface area (Å²) < 4.78 is 39.6. The summed E-state index contributed by atoms with van der Waals surface area (Å²) in [7, 11) is 0. The first-order valence-electron chi connectivity index (χ1n) is 6.89. The molecule has 3 nitrogen and oxygen atoms in total. The van der Waals surface area contributed by atoms with Crippen LogP contribution in [0, 0.1) is 6.92 Å². The summed E-state index contributed by atoms with van der Waals surface area (Å²) in [4.78, 5) is 4.42. The third kappa shape index (κ3) is 3.20. The van der Waals surface area contributed by atoms with E-state index in [1.165, 1.54) is 12.1 Å². The van der Waals surface area contributed by atoms with Crippen LogP contribution in [0.25, 0.3) is 0 Å². The lowest BCUT2D eigenvalue weighted by molar-refractivity contribution is -0.137. The van der Waals surface area contributed by atoms with E-state index in [-0.39, 0.29) is 0 Å². The van der Waals surface area contributed by atoms with Gasteiger partial charge < -0.3 is 9.88 Å². The number of halogens is 3. The SMILES string of the molecule is Cc1cn(C2CC2)c(NCc2ccc(C(F)(F)F)cc2)n1. The lowest BCUT2D eigenvalue weighted by atomic mass is 10.1. The molecule has 1 aliphatic carbocycles. The highest BCUT2D eigenvalue weighted by Crippen LogP contribution is 2.37. The summed E-state index contributed by atoms with van der Waals surface area (Å²) in [6, 6.07) is 5.71. The fourth-order valence-corrected chi connectivity index (χ4v) is 2.27. The van der Waals surface area contributed by atoms with Crippen LogP contribution in [0.2, 0.25) is 0 Å². The van der Waals surface area contributed by atoms with Crippen LogP contribution in [0.4, 0.5) is 19.1 Å². The predicted octanol–water partition coefficient (Wildman–Crippen LogP) is 4.16. The Balaban J connectivity index is 1.67. The minimum absolute atomic E-state index is 0.460. The van der Waals surface area contributed by atoms with E-state index < -0.39 is 11.7 Å². The van der Waals surface area contributed by atoms with Gasteiger partial charge in [-0.2, -0.15) is 13.2 Å². The largest absolute Gasteiger partial charge is 0.416 e. The molecule has 112 valence electrons. The molecular weight excluding hydrogens is 279 g/mol. The molecule has 1 fully saturated rings. The van der Waals surface area contributed by atoms with E-state index in [2.05, 4.69) is 14.9 Å². The first kappa shape index (κ1) is 14.0. The van der Waals surface area contributed by atoms with Crippen molar-refractivity contribution in [2.75, 3.05) is 5.32 Å². The molecule has 0 aliphatic heterocycles. The molecule has 0 saturated heterocycles. The van der Waals surface area contributed by atoms with Crippen molar-refractivity contribution in [2.45, 2.75) is 38.5 Å². The molecule has 0 unspecified atom stereocenters. The molecule has 1 aromatic carbocycles. The molecule has 1 heterocycles. The molecule has 0 radical (unpaired) electrons. The Morgan fingerprint density at radius 1 is 1.24 bits per heavy atom. The number of aromatic nitrogens is 2. The Morgan fingerprint density at radius 2 is 1.90 bits per heavy atom. The lowest BCUT2D eigenvalue weighted by Gasteiger charge is -2.10. The van der Waals surface area contributed by atoms with Gasteiger partial charge in [0.1, 0.15) is 0 Å². The normalized spacial score (nSPS) is 15.2. The van der Waals surface area contributed by atoms with Gasteiger partial charge in [-0.15, -0.1) is 0 Å². The van der Waals surface area contributed by atoms with Gasteiger partial charge in [0.05, 0.1) is 11.3 Å². The fraction of sp³-hybridized carbons (Fsp3) is 0.400. The summed E-state index contributed by atoms with van der Waals surface area (Å²) in [5, 5.41) is 3.20. The number of hydrogen-bond acceptors (Lipinski definition) is 2. The highest BCUT2D eigenvalue weighted by atomic mass is 19.4. The summed E-state index contributed by atoms with van der Waals surface area (Å²) in [5.41, 5.74) is 1.12. The highest BCUT2D eigenvalue weighted by molar-refractivity contribution is 5.33. The van der Waals surface area contributed by atoms with E-state index in [1.54, 1.807) is 0 Å². The number of nitrogens with zero attached hydrogens (tertiary/aromatic N) is 2. The molecule has 0 spiro atoms. The van der Waals surface area contributed by atoms with Crippen LogP contribution in [0.5, 0.6) is 0 Å². The number of nitrogens with one attached hydrogen (secondary N) is 1. The number of benzene rings is 1. The Bertz CT molecular complexity index is 625. The molecular formula is C15H16F3N3. The maximum atomic E-state index is 12.5. The van der Waals surface area contributed by atoms with Gasteiger partial charge >= 0.3 is 6.18 Å². The summed E-state index contributed by atoms with van der Waals surface area (Å²) in [5.74, 6) is 0.787. The van der Waals surface area contributed by atoms with E-state index in [0.717, 1.165) is 42.2 Å². The second-order valence-corrected chi connectivity index (χ2v) is 5.39. The minimum Gasteiger partial charge on any atom is -0.352 e. The lowest BCUT2D eigenvalue weighted by Crippen LogP contribution is -2.08. The summed E-state index contributed by atoms with van der Waals surface area (Å²) in [6.07, 6.45) is 0.0353. The molecule has 1 saturated carbocycles. The van der Waals surface area contributed by atoms with Crippen LogP contribution in [0.1, 0.15) is 35.7 Å². The van der Waals surface area contributed by atoms with Crippen molar-refractivity contribution < 1.29 is 13.2 Å². The average molecular weight is 295 g/mol. The topological polar surface area (TPSA) is 29.9 Å². The van der Waals surface area contributed by atoms with E-state index in [1.807, 2.05) is 13.1 Å². The summed E-state index contributed by atoms with van der Waals surface area (Å²) in [6.45, 7) is 2.39. The molecule has 1 aromatic heterocycles. The molecule has 21 heavy (non-hydrogen) atoms. The number of rotatable bonds is 4. The van der Waals surface area contributed by atoms with Gasteiger partial charge in [-0.25, -0.2) is 4.98 Å². The maximum Gasteiger partial charge on any atom is 0.416 e. The van der Waals surface area contributed by atoms with Crippen molar-refractivity contribution in [1.82, 2.24) is 9.55 Å². The van der Waals surface area contributed by atoms with Crippen LogP contribution in [0.3, 0.4) is 0 Å². The Morgan fingerprint density at radius 3 is 2.48 bits per heavy atom. The average Bonchev–Trinajstić information content (AvgIpc) is 3.20. The van der Waals surface area contributed by atoms with E-state index >= 15 is 0 Å². The Labute approximate surface area is 120 Å². The van der Waals surface area contributed by atoms with Crippen LogP contribution in [-0.2, 0) is 12.7 Å². The molecule has 2 aromatic rings. The molecule has 3 rings (SSSR count). The molecule has 0 atom stereocenters. The maximum absolute atomic E-state index is 12.5. The van der Waals surface area contributed by atoms with Crippen molar-refractivity contribution in [3.8, 4) is 0 Å². The van der Waals surface area contributed by atoms with Gasteiger partial charge in [0, 0.05) is 18.8 Å². The summed E-state index contributed by atoms with van der Waals surface area (Å²) >= 11 is 0. The van der Waals surface area contributed by atoms with Crippen molar-refractivity contribution in [2.24, 2.45) is 0 Å². The second-order valence-electron chi connectivity index (χ2n) is 5.39. The van der Waals surface area contributed by atoms with Gasteiger partial charge in [0.2, 0.25) is 5.95 Å². The predicted molar refractivity (Wildman–Crippen MR) is 74.0 cm³/mol. The quantitative estimate of drug-likeness (QED) is 0.918. The van der Waals surface area contributed by atoms with Crippen LogP contribution in [-0.4, -0.2) is 9.55 Å². The smallest absolute Gasteiger partial charge is 0.352 e. The van der Waals surface area contributed by atoms with Gasteiger partial charge in [-0.1, -0.05) is 12.1 Å². The molecule has 1 N–H and O–H groups in total. The van der Waals surface area contributed by atoms with Crippen LogP contribution < -0.4 is 5.32 Å². The molecule has 0 bridgehead atoms. The number of alkyl halides is 3. The first-order valence-corrected chi connectivity index (χ1v) is 6.89. The molecule has 0 amide bonds. The van der Waals surface area contributed by atoms with Crippen molar-refractivity contribution in [1.29, 1.82) is 0 Å². The van der Waals surface area contributed by atoms with Gasteiger partial charge in [0.15, 0.2) is 0 Å². The standard InChI is InChI=1S/C15H16F3N3/c1-10-9-21(13-6-7-13)14(20-10)19-8-11-2-4-12(5-3-11)15(16,17)18/h2-5,9,13H,6-8H2,1H3,(H,19,20). The van der Waals surface area contributed by atoms with Gasteiger partial charge in [0.25, 0.3) is 0 Å². The van der Waals surface area contributed by atoms with Crippen LogP contribution in [0.15, 0.2) is 30.5 Å². The number of aryl methyl sites for hydroxylation is 1. The second kappa shape index (κ2) is 5.09. The number of hydrogen-bond donors (Lipinski definition) is 1. The minimum atomic E-state index is -4.29. The van der Waals surface area contributed by atoms with E-state index in [9.17, 15) is 13.2 Å². The monoisotopic (exact) mass is 295 g/mol. The fourth-order valence-electron chi connectivity index (χ4n) is 2.27. The van der Waals surface area contributed by atoms with E-state index in [4.69, 9.17) is 0 Å². The van der Waals surface area contributed by atoms with Gasteiger partial charge in [-0.3, -0.25) is 0 Å². The zero-order valence-electron chi connectivity index (χ0n) is 11.6.